The SMILES string of the molecule is O=C1/C(=C2/C(=O)c3ccccc3-c3ccc4ccc5c(Br)cccc5c4c32)c2c(ccc3ccc4c(Br)cccc4c23)-c2ccccc21. The van der Waals surface area contributed by atoms with Gasteiger partial charge in [-0.1, -0.05) is 153 Å². The van der Waals surface area contributed by atoms with E-state index in [-0.39, 0.29) is 11.6 Å². The number of Topliss-reactive ketones (excluding diaryl/α,β-unsaturated/α-hetero) is 2. The molecule has 0 N–H and O–H groups in total. The molecule has 0 saturated carbocycles. The maximum atomic E-state index is 15.2. The number of hydrogen-bond acceptors (Lipinski definition) is 2. The predicted molar refractivity (Wildman–Crippen MR) is 205 cm³/mol. The van der Waals surface area contributed by atoms with E-state index in [0.717, 1.165) is 85.4 Å². The fourth-order valence-electron chi connectivity index (χ4n) is 8.06. The fourth-order valence-corrected chi connectivity index (χ4v) is 9.06. The highest BCUT2D eigenvalue weighted by atomic mass is 79.9. The molecule has 0 spiro atoms. The molecule has 0 bridgehead atoms. The van der Waals surface area contributed by atoms with E-state index in [2.05, 4.69) is 92.5 Å². The van der Waals surface area contributed by atoms with E-state index < -0.39 is 0 Å². The van der Waals surface area contributed by atoms with Crippen LogP contribution in [0, 0.1) is 0 Å². The summed E-state index contributed by atoms with van der Waals surface area (Å²) in [6.45, 7) is 0. The molecule has 8 aromatic carbocycles. The lowest BCUT2D eigenvalue weighted by molar-refractivity contribution is 0.103. The van der Waals surface area contributed by atoms with Gasteiger partial charge >= 0.3 is 0 Å². The average Bonchev–Trinajstić information content (AvgIpc) is 3.12. The predicted octanol–water partition coefficient (Wildman–Crippen LogP) is 12.5. The van der Waals surface area contributed by atoms with Gasteiger partial charge in [0, 0.05) is 42.3 Å². The number of carbonyl (C=O) groups is 2. The molecule has 0 fully saturated rings. The summed E-state index contributed by atoms with van der Waals surface area (Å²) in [7, 11) is 0. The highest BCUT2D eigenvalue weighted by Gasteiger charge is 2.38. The van der Waals surface area contributed by atoms with Gasteiger partial charge in [-0.05, 0) is 77.5 Å². The Morgan fingerprint density at radius 3 is 1.17 bits per heavy atom. The number of fused-ring (bicyclic) bond motifs is 14. The van der Waals surface area contributed by atoms with Crippen molar-refractivity contribution < 1.29 is 9.59 Å². The van der Waals surface area contributed by atoms with Crippen LogP contribution < -0.4 is 0 Å². The summed E-state index contributed by atoms with van der Waals surface area (Å²) in [5.74, 6) is -0.269. The van der Waals surface area contributed by atoms with Crippen LogP contribution >= 0.6 is 31.9 Å². The van der Waals surface area contributed by atoms with Gasteiger partial charge in [0.25, 0.3) is 0 Å². The number of carbonyl (C=O) groups excluding carboxylic acids is 2. The molecule has 2 nitrogen and oxygen atoms in total. The molecule has 0 amide bonds. The van der Waals surface area contributed by atoms with Crippen molar-refractivity contribution in [2.24, 2.45) is 0 Å². The standard InChI is InChI=1S/C44H22Br2O2/c45-35-13-5-11-29-27(35)19-15-23-17-21-31-25-7-1-3-9-33(25)43(47)41(39(31)37(23)29)42-40-32(26-8-2-4-10-34(26)44(42)48)22-18-24-16-20-28-30(38(24)40)12-6-14-36(28)46/h1-22H/b42-41+. The molecule has 4 heteroatoms. The molecule has 0 saturated heterocycles. The first-order valence-electron chi connectivity index (χ1n) is 15.8. The molecule has 0 unspecified atom stereocenters. The maximum absolute atomic E-state index is 15.2. The zero-order valence-corrected chi connectivity index (χ0v) is 28.4. The molecule has 2 aliphatic rings. The Morgan fingerprint density at radius 1 is 0.333 bits per heavy atom. The fraction of sp³-hybridized carbons (Fsp3) is 0. The molecular weight excluding hydrogens is 720 g/mol. The van der Waals surface area contributed by atoms with Gasteiger partial charge in [-0.15, -0.1) is 0 Å². The van der Waals surface area contributed by atoms with E-state index in [1.807, 2.05) is 72.8 Å². The van der Waals surface area contributed by atoms with E-state index >= 15 is 9.59 Å². The number of ketones is 2. The number of rotatable bonds is 0. The van der Waals surface area contributed by atoms with Gasteiger partial charge in [0.05, 0.1) is 0 Å². The first kappa shape index (κ1) is 27.9. The van der Waals surface area contributed by atoms with Crippen LogP contribution in [-0.4, -0.2) is 11.6 Å². The summed E-state index contributed by atoms with van der Waals surface area (Å²) in [5, 5.41) is 8.13. The second-order valence-corrected chi connectivity index (χ2v) is 14.2. The molecule has 48 heavy (non-hydrogen) atoms. The van der Waals surface area contributed by atoms with Gasteiger partial charge in [0.2, 0.25) is 0 Å². The normalized spacial score (nSPS) is 15.1. The van der Waals surface area contributed by atoms with Crippen molar-refractivity contribution >= 4 is 97.7 Å². The van der Waals surface area contributed by atoms with E-state index in [9.17, 15) is 0 Å². The Morgan fingerprint density at radius 2 is 0.729 bits per heavy atom. The topological polar surface area (TPSA) is 34.1 Å². The summed E-state index contributed by atoms with van der Waals surface area (Å²) in [4.78, 5) is 30.4. The zero-order chi connectivity index (χ0) is 32.3. The molecule has 0 aromatic heterocycles. The van der Waals surface area contributed by atoms with Gasteiger partial charge in [0.1, 0.15) is 0 Å². The lowest BCUT2D eigenvalue weighted by atomic mass is 9.71. The van der Waals surface area contributed by atoms with Crippen LogP contribution in [0.4, 0.5) is 0 Å². The lowest BCUT2D eigenvalue weighted by Crippen LogP contribution is -2.20. The molecule has 0 radical (unpaired) electrons. The minimum atomic E-state index is -0.135. The Bertz CT molecular complexity index is 2650. The van der Waals surface area contributed by atoms with Crippen molar-refractivity contribution in [3.8, 4) is 22.3 Å². The smallest absolute Gasteiger partial charge is 0.195 e. The largest absolute Gasteiger partial charge is 0.289 e. The van der Waals surface area contributed by atoms with Crippen molar-refractivity contribution in [3.05, 3.63) is 165 Å². The molecule has 8 aromatic rings. The number of benzene rings is 8. The number of allylic oxidation sites excluding steroid dienone is 2. The number of halogens is 2. The van der Waals surface area contributed by atoms with E-state index in [1.165, 1.54) is 0 Å². The van der Waals surface area contributed by atoms with Crippen molar-refractivity contribution in [2.45, 2.75) is 0 Å². The second-order valence-electron chi connectivity index (χ2n) is 12.5. The van der Waals surface area contributed by atoms with Gasteiger partial charge < -0.3 is 0 Å². The van der Waals surface area contributed by atoms with Crippen LogP contribution in [0.15, 0.2) is 142 Å². The summed E-state index contributed by atoms with van der Waals surface area (Å²) < 4.78 is 1.96. The van der Waals surface area contributed by atoms with Gasteiger partial charge in [0.15, 0.2) is 11.6 Å². The molecule has 0 atom stereocenters. The highest BCUT2D eigenvalue weighted by Crippen LogP contribution is 2.52. The molecule has 224 valence electrons. The first-order valence-corrected chi connectivity index (χ1v) is 17.4. The Labute approximate surface area is 292 Å². The quantitative estimate of drug-likeness (QED) is 0.115. The maximum Gasteiger partial charge on any atom is 0.195 e. The summed E-state index contributed by atoms with van der Waals surface area (Å²) in [6, 6.07) is 44.9. The summed E-state index contributed by atoms with van der Waals surface area (Å²) >= 11 is 7.55. The van der Waals surface area contributed by atoms with Crippen LogP contribution in [-0.2, 0) is 0 Å². The third kappa shape index (κ3) is 3.67. The van der Waals surface area contributed by atoms with Crippen LogP contribution in [0.1, 0.15) is 31.8 Å². The van der Waals surface area contributed by atoms with Crippen molar-refractivity contribution in [2.75, 3.05) is 0 Å². The lowest BCUT2D eigenvalue weighted by Gasteiger charge is -2.30. The Kier molecular flexibility index (Phi) is 5.91. The van der Waals surface area contributed by atoms with Gasteiger partial charge in [-0.2, -0.15) is 0 Å². The van der Waals surface area contributed by atoms with Crippen LogP contribution in [0.3, 0.4) is 0 Å². The third-order valence-electron chi connectivity index (χ3n) is 10.1. The highest BCUT2D eigenvalue weighted by molar-refractivity contribution is 9.11. The van der Waals surface area contributed by atoms with E-state index in [4.69, 9.17) is 0 Å². The van der Waals surface area contributed by atoms with Gasteiger partial charge in [-0.25, -0.2) is 0 Å². The molecule has 2 aliphatic carbocycles. The van der Waals surface area contributed by atoms with Crippen molar-refractivity contribution in [1.82, 2.24) is 0 Å². The zero-order valence-electron chi connectivity index (χ0n) is 25.3. The van der Waals surface area contributed by atoms with Crippen molar-refractivity contribution in [3.63, 3.8) is 0 Å². The summed E-state index contributed by atoms with van der Waals surface area (Å²) in [6.07, 6.45) is 0. The molecular formula is C44H22Br2O2. The second kappa shape index (κ2) is 10.2. The average molecular weight is 742 g/mol. The minimum absolute atomic E-state index is 0.135. The van der Waals surface area contributed by atoms with Gasteiger partial charge in [-0.3, -0.25) is 9.59 Å². The Balaban J connectivity index is 1.49. The molecule has 10 rings (SSSR count). The minimum Gasteiger partial charge on any atom is -0.289 e. The van der Waals surface area contributed by atoms with E-state index in [0.29, 0.717) is 22.3 Å². The van der Waals surface area contributed by atoms with Crippen LogP contribution in [0.5, 0.6) is 0 Å². The Hall–Kier alpha value is -5.16. The third-order valence-corrected chi connectivity index (χ3v) is 11.5. The first-order chi connectivity index (χ1) is 23.5. The monoisotopic (exact) mass is 740 g/mol. The molecule has 0 heterocycles. The van der Waals surface area contributed by atoms with E-state index in [1.54, 1.807) is 0 Å². The number of hydrogen-bond donors (Lipinski definition) is 0. The summed E-state index contributed by atoms with van der Waals surface area (Å²) in [5.41, 5.74) is 7.42. The van der Waals surface area contributed by atoms with Crippen LogP contribution in [0.25, 0.3) is 76.5 Å². The van der Waals surface area contributed by atoms with Crippen molar-refractivity contribution in [1.29, 1.82) is 0 Å². The molecule has 0 aliphatic heterocycles. The van der Waals surface area contributed by atoms with Crippen LogP contribution in [0.2, 0.25) is 0 Å².